The van der Waals surface area contributed by atoms with E-state index in [4.69, 9.17) is 0 Å². The molecule has 0 atom stereocenters. The Morgan fingerprint density at radius 1 is 1.09 bits per heavy atom. The van der Waals surface area contributed by atoms with Gasteiger partial charge in [-0.15, -0.1) is 0 Å². The van der Waals surface area contributed by atoms with Crippen molar-refractivity contribution in [1.82, 2.24) is 19.9 Å². The first-order valence-electron chi connectivity index (χ1n) is 8.10. The molecule has 4 rings (SSSR count). The minimum absolute atomic E-state index is 0.0608. The third-order valence-electron chi connectivity index (χ3n) is 4.63. The van der Waals surface area contributed by atoms with Crippen molar-refractivity contribution >= 4 is 11.7 Å². The van der Waals surface area contributed by atoms with E-state index in [0.29, 0.717) is 18.7 Å². The number of anilines is 1. The predicted molar refractivity (Wildman–Crippen MR) is 86.4 cm³/mol. The predicted octanol–water partition coefficient (Wildman–Crippen LogP) is 1.32. The third-order valence-corrected chi connectivity index (χ3v) is 4.63. The van der Waals surface area contributed by atoms with E-state index >= 15 is 0 Å². The van der Waals surface area contributed by atoms with Crippen molar-refractivity contribution in [2.24, 2.45) is 0 Å². The number of rotatable bonds is 2. The Morgan fingerprint density at radius 3 is 2.74 bits per heavy atom. The van der Waals surface area contributed by atoms with E-state index in [1.54, 1.807) is 24.8 Å². The molecule has 6 nitrogen and oxygen atoms in total. The number of hydrogen-bond acceptors (Lipinski definition) is 5. The van der Waals surface area contributed by atoms with Crippen LogP contribution in [-0.2, 0) is 12.8 Å². The van der Waals surface area contributed by atoms with Gasteiger partial charge in [-0.1, -0.05) is 0 Å². The Bertz CT molecular complexity index is 710. The first kappa shape index (κ1) is 14.1. The Morgan fingerprint density at radius 2 is 1.96 bits per heavy atom. The standard InChI is InChI=1S/C17H19N5O/c23-17(13-3-2-6-18-11-13)22-9-7-21(8-10-22)16-14-4-1-5-15(14)19-12-20-16/h2-3,6,11-12H,1,4-5,7-10H2. The van der Waals surface area contributed by atoms with E-state index in [-0.39, 0.29) is 5.91 Å². The van der Waals surface area contributed by atoms with Crippen molar-refractivity contribution in [2.45, 2.75) is 19.3 Å². The Hall–Kier alpha value is -2.50. The number of pyridine rings is 1. The molecule has 0 saturated carbocycles. The van der Waals surface area contributed by atoms with Crippen molar-refractivity contribution in [3.63, 3.8) is 0 Å². The van der Waals surface area contributed by atoms with Crippen molar-refractivity contribution in [2.75, 3.05) is 31.1 Å². The Labute approximate surface area is 135 Å². The van der Waals surface area contributed by atoms with Crippen molar-refractivity contribution in [3.05, 3.63) is 47.7 Å². The van der Waals surface area contributed by atoms with Gasteiger partial charge in [0.2, 0.25) is 0 Å². The van der Waals surface area contributed by atoms with Gasteiger partial charge in [-0.25, -0.2) is 9.97 Å². The maximum absolute atomic E-state index is 12.5. The Kier molecular flexibility index (Phi) is 3.65. The summed E-state index contributed by atoms with van der Waals surface area (Å²) < 4.78 is 0. The monoisotopic (exact) mass is 309 g/mol. The maximum Gasteiger partial charge on any atom is 0.255 e. The number of nitrogens with zero attached hydrogens (tertiary/aromatic N) is 5. The summed E-state index contributed by atoms with van der Waals surface area (Å²) in [5.41, 5.74) is 3.16. The minimum atomic E-state index is 0.0608. The summed E-state index contributed by atoms with van der Waals surface area (Å²) in [6.45, 7) is 3.06. The largest absolute Gasteiger partial charge is 0.353 e. The molecule has 0 unspecified atom stereocenters. The van der Waals surface area contributed by atoms with Crippen LogP contribution in [0.15, 0.2) is 30.9 Å². The van der Waals surface area contributed by atoms with Crippen molar-refractivity contribution < 1.29 is 4.79 Å². The lowest BCUT2D eigenvalue weighted by molar-refractivity contribution is 0.0746. The second-order valence-corrected chi connectivity index (χ2v) is 6.00. The fraction of sp³-hybridized carbons (Fsp3) is 0.412. The van der Waals surface area contributed by atoms with Gasteiger partial charge in [0.25, 0.3) is 5.91 Å². The van der Waals surface area contributed by atoms with Crippen molar-refractivity contribution in [3.8, 4) is 0 Å². The van der Waals surface area contributed by atoms with Crippen LogP contribution in [0.1, 0.15) is 28.0 Å². The molecule has 23 heavy (non-hydrogen) atoms. The van der Waals surface area contributed by atoms with Gasteiger partial charge < -0.3 is 9.80 Å². The highest BCUT2D eigenvalue weighted by atomic mass is 16.2. The van der Waals surface area contributed by atoms with E-state index in [9.17, 15) is 4.79 Å². The summed E-state index contributed by atoms with van der Waals surface area (Å²) in [5.74, 6) is 1.13. The van der Waals surface area contributed by atoms with Crippen LogP contribution in [0.3, 0.4) is 0 Å². The second-order valence-electron chi connectivity index (χ2n) is 6.00. The number of carbonyl (C=O) groups excluding carboxylic acids is 1. The normalized spacial score (nSPS) is 17.2. The smallest absolute Gasteiger partial charge is 0.255 e. The molecule has 0 radical (unpaired) electrons. The average Bonchev–Trinajstić information content (AvgIpc) is 3.11. The molecule has 0 N–H and O–H groups in total. The van der Waals surface area contributed by atoms with Crippen LogP contribution in [0.4, 0.5) is 5.82 Å². The number of aromatic nitrogens is 3. The topological polar surface area (TPSA) is 62.2 Å². The molecule has 6 heteroatoms. The molecule has 0 bridgehead atoms. The van der Waals surface area contributed by atoms with Crippen LogP contribution in [0.25, 0.3) is 0 Å². The zero-order chi connectivity index (χ0) is 15.6. The summed E-state index contributed by atoms with van der Waals surface area (Å²) in [4.78, 5) is 29.6. The molecule has 2 aliphatic rings. The van der Waals surface area contributed by atoms with Crippen LogP contribution in [0.2, 0.25) is 0 Å². The summed E-state index contributed by atoms with van der Waals surface area (Å²) in [6, 6.07) is 3.62. The summed E-state index contributed by atoms with van der Waals surface area (Å²) >= 11 is 0. The summed E-state index contributed by atoms with van der Waals surface area (Å²) in [5, 5.41) is 0. The van der Waals surface area contributed by atoms with E-state index in [1.807, 2.05) is 11.0 Å². The fourth-order valence-corrected chi connectivity index (χ4v) is 3.41. The molecular formula is C17H19N5O. The third kappa shape index (κ3) is 2.65. The number of aryl methyl sites for hydroxylation is 1. The van der Waals surface area contributed by atoms with Gasteiger partial charge in [0.15, 0.2) is 0 Å². The molecule has 2 aromatic heterocycles. The average molecular weight is 309 g/mol. The molecule has 0 aromatic carbocycles. The zero-order valence-electron chi connectivity index (χ0n) is 13.0. The van der Waals surface area contributed by atoms with Gasteiger partial charge in [-0.05, 0) is 31.4 Å². The number of hydrogen-bond donors (Lipinski definition) is 0. The lowest BCUT2D eigenvalue weighted by Crippen LogP contribution is -2.49. The highest BCUT2D eigenvalue weighted by Crippen LogP contribution is 2.28. The second kappa shape index (κ2) is 5.95. The SMILES string of the molecule is O=C(c1cccnc1)N1CCN(c2ncnc3c2CCC3)CC1. The van der Waals surface area contributed by atoms with Gasteiger partial charge in [0, 0.05) is 49.8 Å². The molecule has 1 saturated heterocycles. The molecule has 1 fully saturated rings. The van der Waals surface area contributed by atoms with Crippen LogP contribution in [0, 0.1) is 0 Å². The number of piperazine rings is 1. The lowest BCUT2D eigenvalue weighted by Gasteiger charge is -2.36. The van der Waals surface area contributed by atoms with Gasteiger partial charge in [0.1, 0.15) is 12.1 Å². The fourth-order valence-electron chi connectivity index (χ4n) is 3.41. The van der Waals surface area contributed by atoms with Crippen LogP contribution in [0.5, 0.6) is 0 Å². The molecular weight excluding hydrogens is 290 g/mol. The van der Waals surface area contributed by atoms with E-state index in [2.05, 4.69) is 19.9 Å². The molecule has 2 aromatic rings. The quantitative estimate of drug-likeness (QED) is 0.837. The molecule has 1 aliphatic carbocycles. The van der Waals surface area contributed by atoms with Crippen LogP contribution in [-0.4, -0.2) is 51.9 Å². The van der Waals surface area contributed by atoms with Crippen LogP contribution < -0.4 is 4.90 Å². The zero-order valence-corrected chi connectivity index (χ0v) is 13.0. The first-order valence-corrected chi connectivity index (χ1v) is 8.10. The van der Waals surface area contributed by atoms with E-state index < -0.39 is 0 Å². The lowest BCUT2D eigenvalue weighted by atomic mass is 10.2. The maximum atomic E-state index is 12.5. The van der Waals surface area contributed by atoms with Crippen LogP contribution >= 0.6 is 0 Å². The first-order chi connectivity index (χ1) is 11.3. The molecule has 0 spiro atoms. The highest BCUT2D eigenvalue weighted by Gasteiger charge is 2.26. The molecule has 3 heterocycles. The Balaban J connectivity index is 1.46. The minimum Gasteiger partial charge on any atom is -0.353 e. The molecule has 118 valence electrons. The summed E-state index contributed by atoms with van der Waals surface area (Å²) in [6.07, 6.45) is 8.29. The summed E-state index contributed by atoms with van der Waals surface area (Å²) in [7, 11) is 0. The highest BCUT2D eigenvalue weighted by molar-refractivity contribution is 5.94. The van der Waals surface area contributed by atoms with Crippen molar-refractivity contribution in [1.29, 1.82) is 0 Å². The molecule has 1 aliphatic heterocycles. The van der Waals surface area contributed by atoms with Gasteiger partial charge in [0.05, 0.1) is 5.56 Å². The van der Waals surface area contributed by atoms with E-state index in [0.717, 1.165) is 31.7 Å². The van der Waals surface area contributed by atoms with Gasteiger partial charge in [-0.2, -0.15) is 0 Å². The number of fused-ring (bicyclic) bond motifs is 1. The number of carbonyl (C=O) groups is 1. The number of amides is 1. The molecule has 1 amide bonds. The van der Waals surface area contributed by atoms with Gasteiger partial charge >= 0.3 is 0 Å². The van der Waals surface area contributed by atoms with Gasteiger partial charge in [-0.3, -0.25) is 9.78 Å². The van der Waals surface area contributed by atoms with E-state index in [1.165, 1.54) is 17.7 Å².